The summed E-state index contributed by atoms with van der Waals surface area (Å²) >= 11 is 6.14. The Kier molecular flexibility index (Phi) is 9.03. The molecule has 9 rings (SSSR count). The van der Waals surface area contributed by atoms with E-state index in [9.17, 15) is 37.1 Å². The Morgan fingerprint density at radius 3 is 2.29 bits per heavy atom. The molecule has 2 N–H and O–H groups in total. The largest absolute Gasteiger partial charge is 0.416 e. The van der Waals surface area contributed by atoms with Gasteiger partial charge in [-0.05, 0) is 124 Å². The maximum Gasteiger partial charge on any atom is 0.416 e. The van der Waals surface area contributed by atoms with E-state index in [0.717, 1.165) is 86.6 Å². The Morgan fingerprint density at radius 2 is 1.64 bits per heavy atom. The van der Waals surface area contributed by atoms with Crippen molar-refractivity contribution in [1.82, 2.24) is 24.9 Å². The van der Waals surface area contributed by atoms with Crippen LogP contribution in [0.15, 0.2) is 48.8 Å². The summed E-state index contributed by atoms with van der Waals surface area (Å²) in [5.41, 5.74) is 0.916. The highest BCUT2D eigenvalue weighted by Crippen LogP contribution is 2.45. The van der Waals surface area contributed by atoms with Gasteiger partial charge in [-0.2, -0.15) is 18.3 Å². The van der Waals surface area contributed by atoms with E-state index >= 15 is 0 Å². The van der Waals surface area contributed by atoms with Gasteiger partial charge in [-0.1, -0.05) is 11.6 Å². The van der Waals surface area contributed by atoms with E-state index in [1.807, 2.05) is 18.5 Å². The maximum absolute atomic E-state index is 13.6. The van der Waals surface area contributed by atoms with Crippen LogP contribution in [0.2, 0.25) is 5.02 Å². The fourth-order valence-corrected chi connectivity index (χ4v) is 10.1. The SMILES string of the molecule is O=C1CCC(N2C(=O)c3ccc(N4CC5CC(N6CCC(c7cnn(C8(C(=O)Nc9ccc(C(F)(F)F)cc9Cl)CCC8)c7)CC6)CC5C4)cc3C2=O)C(=O)N1. The molecule has 5 fully saturated rings. The second kappa shape index (κ2) is 13.7. The fraction of sp³-hybridized carbons (Fsp3) is 0.500. The van der Waals surface area contributed by atoms with Crippen molar-refractivity contribution in [3.63, 3.8) is 0 Å². The molecule has 2 aromatic carbocycles. The minimum absolute atomic E-state index is 0.0794. The van der Waals surface area contributed by atoms with Crippen molar-refractivity contribution in [3.8, 4) is 0 Å². The number of amides is 5. The van der Waals surface area contributed by atoms with Crippen molar-refractivity contribution in [3.05, 3.63) is 76.1 Å². The molecule has 56 heavy (non-hydrogen) atoms. The van der Waals surface area contributed by atoms with Crippen LogP contribution in [0.1, 0.15) is 95.5 Å². The molecule has 0 spiro atoms. The third-order valence-electron chi connectivity index (χ3n) is 13.2. The van der Waals surface area contributed by atoms with Gasteiger partial charge >= 0.3 is 6.18 Å². The predicted molar refractivity (Wildman–Crippen MR) is 198 cm³/mol. The first kappa shape index (κ1) is 36.9. The van der Waals surface area contributed by atoms with Crippen LogP contribution < -0.4 is 15.5 Å². The predicted octanol–water partition coefficient (Wildman–Crippen LogP) is 5.57. The third kappa shape index (κ3) is 6.27. The molecule has 12 nitrogen and oxygen atoms in total. The van der Waals surface area contributed by atoms with Crippen LogP contribution in [-0.2, 0) is 26.1 Å². The zero-order valence-electron chi connectivity index (χ0n) is 30.5. The number of aromatic nitrogens is 2. The van der Waals surface area contributed by atoms with Crippen molar-refractivity contribution in [2.45, 2.75) is 87.5 Å². The number of nitrogens with zero attached hydrogens (tertiary/aromatic N) is 5. The average Bonchev–Trinajstić information content (AvgIpc) is 3.93. The lowest BCUT2D eigenvalue weighted by Crippen LogP contribution is -2.54. The number of carbonyl (C=O) groups excluding carboxylic acids is 5. The molecule has 0 radical (unpaired) electrons. The van der Waals surface area contributed by atoms with Gasteiger partial charge in [0.1, 0.15) is 11.6 Å². The smallest absolute Gasteiger partial charge is 0.371 e. The molecular weight excluding hydrogens is 751 g/mol. The molecule has 2 aliphatic carbocycles. The number of nitrogens with one attached hydrogen (secondary N) is 2. The number of imide groups is 2. The molecule has 5 heterocycles. The van der Waals surface area contributed by atoms with Gasteiger partial charge in [-0.15, -0.1) is 0 Å². The lowest BCUT2D eigenvalue weighted by molar-refractivity contribution is -0.138. The second-order valence-electron chi connectivity index (χ2n) is 16.3. The van der Waals surface area contributed by atoms with E-state index in [1.54, 1.807) is 16.8 Å². The molecule has 3 atom stereocenters. The number of hydrogen-bond acceptors (Lipinski definition) is 8. The lowest BCUT2D eigenvalue weighted by atomic mass is 9.76. The molecule has 6 aliphatic rings. The van der Waals surface area contributed by atoms with Gasteiger partial charge in [-0.3, -0.25) is 38.9 Å². The summed E-state index contributed by atoms with van der Waals surface area (Å²) in [6, 6.07) is 7.78. The maximum atomic E-state index is 13.6. The lowest BCUT2D eigenvalue weighted by Gasteiger charge is -2.40. The molecule has 3 unspecified atom stereocenters. The molecule has 1 aromatic heterocycles. The summed E-state index contributed by atoms with van der Waals surface area (Å²) in [7, 11) is 0. The van der Waals surface area contributed by atoms with Crippen molar-refractivity contribution >= 4 is 52.5 Å². The minimum atomic E-state index is -4.53. The number of likely N-dealkylation sites (tertiary alicyclic amines) is 1. The Balaban J connectivity index is 0.784. The molecule has 3 aromatic rings. The molecular formula is C40H41ClF3N7O5. The Morgan fingerprint density at radius 1 is 0.929 bits per heavy atom. The summed E-state index contributed by atoms with van der Waals surface area (Å²) in [5, 5.41) is 9.46. The third-order valence-corrected chi connectivity index (χ3v) is 13.5. The van der Waals surface area contributed by atoms with Crippen LogP contribution in [0.4, 0.5) is 24.5 Å². The molecule has 5 amide bonds. The van der Waals surface area contributed by atoms with E-state index < -0.39 is 46.9 Å². The van der Waals surface area contributed by atoms with Crippen molar-refractivity contribution in [2.24, 2.45) is 11.8 Å². The first-order valence-electron chi connectivity index (χ1n) is 19.4. The van der Waals surface area contributed by atoms with E-state index in [0.29, 0.717) is 42.2 Å². The number of benzene rings is 2. The summed E-state index contributed by atoms with van der Waals surface area (Å²) in [4.78, 5) is 70.1. The van der Waals surface area contributed by atoms with Crippen molar-refractivity contribution < 1.29 is 37.1 Å². The summed E-state index contributed by atoms with van der Waals surface area (Å²) in [5.74, 6) is -1.01. The number of carbonyl (C=O) groups is 5. The van der Waals surface area contributed by atoms with Crippen LogP contribution in [0.25, 0.3) is 0 Å². The van der Waals surface area contributed by atoms with Crippen LogP contribution in [0, 0.1) is 11.8 Å². The van der Waals surface area contributed by atoms with Gasteiger partial charge in [0.2, 0.25) is 11.8 Å². The first-order valence-corrected chi connectivity index (χ1v) is 19.7. The Bertz CT molecular complexity index is 2130. The topological polar surface area (TPSA) is 137 Å². The summed E-state index contributed by atoms with van der Waals surface area (Å²) in [6.45, 7) is 3.67. The van der Waals surface area contributed by atoms with Crippen LogP contribution >= 0.6 is 11.6 Å². The molecule has 4 aliphatic heterocycles. The zero-order chi connectivity index (χ0) is 39.1. The van der Waals surface area contributed by atoms with Gasteiger partial charge in [0.05, 0.1) is 33.6 Å². The number of fused-ring (bicyclic) bond motifs is 2. The summed E-state index contributed by atoms with van der Waals surface area (Å²) in [6.07, 6.45) is 5.61. The Labute approximate surface area is 325 Å². The van der Waals surface area contributed by atoms with Gasteiger partial charge in [0.15, 0.2) is 0 Å². The van der Waals surface area contributed by atoms with Crippen LogP contribution in [-0.4, -0.2) is 87.4 Å². The first-order chi connectivity index (χ1) is 26.8. The fourth-order valence-electron chi connectivity index (χ4n) is 9.92. The highest BCUT2D eigenvalue weighted by atomic mass is 35.5. The number of piperidine rings is 2. The van der Waals surface area contributed by atoms with E-state index in [1.165, 1.54) is 6.07 Å². The van der Waals surface area contributed by atoms with E-state index in [-0.39, 0.29) is 35.0 Å². The molecule has 3 saturated heterocycles. The Hall–Kier alpha value is -4.76. The molecule has 294 valence electrons. The summed E-state index contributed by atoms with van der Waals surface area (Å²) < 4.78 is 41.1. The van der Waals surface area contributed by atoms with Crippen LogP contribution in [0.3, 0.4) is 0 Å². The number of anilines is 2. The van der Waals surface area contributed by atoms with Crippen molar-refractivity contribution in [2.75, 3.05) is 36.4 Å². The quantitative estimate of drug-likeness (QED) is 0.297. The zero-order valence-corrected chi connectivity index (χ0v) is 31.2. The standard InChI is InChI=1S/C40H41ClF3N7O5/c41-31-16-26(40(42,43)44)2-5-32(31)46-38(56)39(10-1-11-39)50-21-25(18-45-50)22-8-12-48(13-9-22)28-14-23-19-49(20-24(23)15-28)27-3-4-29-30(17-27)37(55)51(36(29)54)33-6-7-34(52)47-35(33)53/h2-5,16-18,21-24,28,33H,1,6-15,19-20H2,(H,46,56)(H,47,52,53). The highest BCUT2D eigenvalue weighted by Gasteiger charge is 2.49. The number of rotatable bonds is 7. The molecule has 2 saturated carbocycles. The molecule has 0 bridgehead atoms. The van der Waals surface area contributed by atoms with Crippen molar-refractivity contribution in [1.29, 1.82) is 0 Å². The van der Waals surface area contributed by atoms with Gasteiger partial charge < -0.3 is 15.1 Å². The highest BCUT2D eigenvalue weighted by molar-refractivity contribution is 6.33. The van der Waals surface area contributed by atoms with Gasteiger partial charge in [-0.25, -0.2) is 0 Å². The normalized spacial score (nSPS) is 26.6. The number of hydrogen-bond donors (Lipinski definition) is 2. The van der Waals surface area contributed by atoms with Gasteiger partial charge in [0, 0.05) is 37.4 Å². The number of halogens is 4. The minimum Gasteiger partial charge on any atom is -0.371 e. The van der Waals surface area contributed by atoms with E-state index in [4.69, 9.17) is 11.6 Å². The van der Waals surface area contributed by atoms with Gasteiger partial charge in [0.25, 0.3) is 17.7 Å². The molecule has 16 heteroatoms. The second-order valence-corrected chi connectivity index (χ2v) is 16.7. The monoisotopic (exact) mass is 791 g/mol. The van der Waals surface area contributed by atoms with Crippen LogP contribution in [0.5, 0.6) is 0 Å². The van der Waals surface area contributed by atoms with E-state index in [2.05, 4.69) is 25.5 Å². The average molecular weight is 792 g/mol. The number of alkyl halides is 3.